The van der Waals surface area contributed by atoms with Crippen molar-refractivity contribution in [3.63, 3.8) is 0 Å². The van der Waals surface area contributed by atoms with E-state index in [9.17, 15) is 0 Å². The lowest BCUT2D eigenvalue weighted by Gasteiger charge is -2.37. The smallest absolute Gasteiger partial charge is 0.0674 e. The third-order valence-electron chi connectivity index (χ3n) is 3.71. The average molecular weight is 212 g/mol. The van der Waals surface area contributed by atoms with Crippen LogP contribution in [-0.4, -0.2) is 42.8 Å². The second-order valence-corrected chi connectivity index (χ2v) is 5.28. The highest BCUT2D eigenvalue weighted by Crippen LogP contribution is 2.32. The Morgan fingerprint density at radius 2 is 2.13 bits per heavy atom. The summed E-state index contributed by atoms with van der Waals surface area (Å²) in [5.41, 5.74) is 6.12. The summed E-state index contributed by atoms with van der Waals surface area (Å²) in [6, 6.07) is 1.00. The highest BCUT2D eigenvalue weighted by atomic mass is 16.5. The predicted octanol–water partition coefficient (Wildman–Crippen LogP) is 1.22. The van der Waals surface area contributed by atoms with E-state index >= 15 is 0 Å². The fourth-order valence-electron chi connectivity index (χ4n) is 2.36. The van der Waals surface area contributed by atoms with Crippen LogP contribution in [0.2, 0.25) is 0 Å². The monoisotopic (exact) mass is 212 g/mol. The van der Waals surface area contributed by atoms with Crippen molar-refractivity contribution in [1.29, 1.82) is 0 Å². The Morgan fingerprint density at radius 1 is 1.40 bits per heavy atom. The number of hydrogen-bond donors (Lipinski definition) is 1. The summed E-state index contributed by atoms with van der Waals surface area (Å²) in [6.07, 6.45) is 4.26. The molecule has 2 aliphatic rings. The zero-order valence-electron chi connectivity index (χ0n) is 9.98. The topological polar surface area (TPSA) is 38.5 Å². The minimum atomic E-state index is 0.387. The maximum Gasteiger partial charge on any atom is 0.0674 e. The molecule has 2 fully saturated rings. The number of hydrogen-bond acceptors (Lipinski definition) is 3. The van der Waals surface area contributed by atoms with Crippen LogP contribution in [0.1, 0.15) is 33.1 Å². The molecule has 15 heavy (non-hydrogen) atoms. The zero-order valence-corrected chi connectivity index (χ0v) is 9.98. The van der Waals surface area contributed by atoms with Crippen LogP contribution >= 0.6 is 0 Å². The van der Waals surface area contributed by atoms with Crippen molar-refractivity contribution < 1.29 is 4.74 Å². The second-order valence-electron chi connectivity index (χ2n) is 5.28. The third kappa shape index (κ3) is 3.16. The quantitative estimate of drug-likeness (QED) is 0.761. The van der Waals surface area contributed by atoms with Gasteiger partial charge in [-0.3, -0.25) is 4.90 Å². The van der Waals surface area contributed by atoms with Gasteiger partial charge in [0, 0.05) is 25.2 Å². The Morgan fingerprint density at radius 3 is 2.80 bits per heavy atom. The number of rotatable bonds is 4. The lowest BCUT2D eigenvalue weighted by atomic mass is 10.1. The van der Waals surface area contributed by atoms with Gasteiger partial charge in [-0.1, -0.05) is 0 Å². The molecule has 1 aliphatic carbocycles. The van der Waals surface area contributed by atoms with Crippen molar-refractivity contribution in [2.75, 3.05) is 19.7 Å². The van der Waals surface area contributed by atoms with Crippen molar-refractivity contribution in [2.45, 2.75) is 51.3 Å². The minimum Gasteiger partial charge on any atom is -0.376 e. The Labute approximate surface area is 93.0 Å². The van der Waals surface area contributed by atoms with Gasteiger partial charge in [-0.25, -0.2) is 0 Å². The molecule has 1 saturated carbocycles. The molecule has 0 amide bonds. The van der Waals surface area contributed by atoms with Crippen molar-refractivity contribution in [3.05, 3.63) is 0 Å². The highest BCUT2D eigenvalue weighted by Gasteiger charge is 2.30. The lowest BCUT2D eigenvalue weighted by molar-refractivity contribution is -0.0500. The molecule has 1 saturated heterocycles. The maximum atomic E-state index is 6.12. The number of nitrogens with two attached hydrogens (primary N) is 1. The van der Waals surface area contributed by atoms with Gasteiger partial charge in [0.1, 0.15) is 0 Å². The highest BCUT2D eigenvalue weighted by molar-refractivity contribution is 4.85. The molecule has 0 bridgehead atoms. The molecule has 0 aromatic rings. The Bertz CT molecular complexity index is 206. The molecule has 2 rings (SSSR count). The van der Waals surface area contributed by atoms with Gasteiger partial charge in [0.05, 0.1) is 12.7 Å². The van der Waals surface area contributed by atoms with E-state index in [2.05, 4.69) is 18.7 Å². The first-order valence-electron chi connectivity index (χ1n) is 6.28. The summed E-state index contributed by atoms with van der Waals surface area (Å²) >= 11 is 0. The van der Waals surface area contributed by atoms with E-state index in [-0.39, 0.29) is 0 Å². The molecular weight excluding hydrogens is 188 g/mol. The SMILES string of the molecule is CC1CN(CCC(N)C2CC2)C(C)CO1. The standard InChI is InChI=1S/C12H24N2O/c1-9-8-15-10(2)7-14(9)6-5-12(13)11-3-4-11/h9-12H,3-8,13H2,1-2H3. The second kappa shape index (κ2) is 4.81. The van der Waals surface area contributed by atoms with Gasteiger partial charge in [0.25, 0.3) is 0 Å². The summed E-state index contributed by atoms with van der Waals surface area (Å²) in [5.74, 6) is 0.832. The van der Waals surface area contributed by atoms with Gasteiger partial charge in [-0.05, 0) is 39.0 Å². The third-order valence-corrected chi connectivity index (χ3v) is 3.71. The van der Waals surface area contributed by atoms with Gasteiger partial charge in [-0.2, -0.15) is 0 Å². The van der Waals surface area contributed by atoms with Crippen molar-refractivity contribution >= 4 is 0 Å². The predicted molar refractivity (Wildman–Crippen MR) is 61.8 cm³/mol. The normalized spacial score (nSPS) is 35.4. The minimum absolute atomic E-state index is 0.387. The van der Waals surface area contributed by atoms with E-state index in [1.807, 2.05) is 0 Å². The summed E-state index contributed by atoms with van der Waals surface area (Å²) in [4.78, 5) is 2.52. The average Bonchev–Trinajstić information content (AvgIpc) is 3.02. The molecule has 3 heteroatoms. The first kappa shape index (κ1) is 11.4. The summed E-state index contributed by atoms with van der Waals surface area (Å²) in [5, 5.41) is 0. The first-order valence-corrected chi connectivity index (χ1v) is 6.28. The summed E-state index contributed by atoms with van der Waals surface area (Å²) in [7, 11) is 0. The molecular formula is C12H24N2O. The van der Waals surface area contributed by atoms with Crippen LogP contribution in [0.4, 0.5) is 0 Å². The lowest BCUT2D eigenvalue weighted by Crippen LogP contribution is -2.48. The Balaban J connectivity index is 1.71. The zero-order chi connectivity index (χ0) is 10.8. The molecule has 2 N–H and O–H groups in total. The molecule has 3 nitrogen and oxygen atoms in total. The van der Waals surface area contributed by atoms with Crippen molar-refractivity contribution in [1.82, 2.24) is 4.90 Å². The molecule has 1 aliphatic heterocycles. The van der Waals surface area contributed by atoms with Crippen LogP contribution in [0.25, 0.3) is 0 Å². The van der Waals surface area contributed by atoms with Crippen LogP contribution < -0.4 is 5.73 Å². The van der Waals surface area contributed by atoms with Crippen LogP contribution in [0.5, 0.6) is 0 Å². The number of nitrogens with zero attached hydrogens (tertiary/aromatic N) is 1. The van der Waals surface area contributed by atoms with Gasteiger partial charge in [-0.15, -0.1) is 0 Å². The Hall–Kier alpha value is -0.120. The van der Waals surface area contributed by atoms with Gasteiger partial charge in [0.15, 0.2) is 0 Å². The molecule has 0 radical (unpaired) electrons. The largest absolute Gasteiger partial charge is 0.376 e. The fraction of sp³-hybridized carbons (Fsp3) is 1.00. The van der Waals surface area contributed by atoms with E-state index in [1.165, 1.54) is 12.8 Å². The fourth-order valence-corrected chi connectivity index (χ4v) is 2.36. The molecule has 3 unspecified atom stereocenters. The van der Waals surface area contributed by atoms with Crippen LogP contribution in [0.15, 0.2) is 0 Å². The summed E-state index contributed by atoms with van der Waals surface area (Å²) in [6.45, 7) is 7.49. The van der Waals surface area contributed by atoms with Crippen LogP contribution in [0.3, 0.4) is 0 Å². The number of morpholine rings is 1. The molecule has 0 aromatic carbocycles. The van der Waals surface area contributed by atoms with E-state index < -0.39 is 0 Å². The van der Waals surface area contributed by atoms with E-state index in [0.29, 0.717) is 18.2 Å². The number of ether oxygens (including phenoxy) is 1. The van der Waals surface area contributed by atoms with E-state index in [1.54, 1.807) is 0 Å². The van der Waals surface area contributed by atoms with Gasteiger partial charge in [0.2, 0.25) is 0 Å². The molecule has 3 atom stereocenters. The first-order chi connectivity index (χ1) is 7.16. The van der Waals surface area contributed by atoms with E-state index in [0.717, 1.165) is 32.0 Å². The molecule has 1 heterocycles. The van der Waals surface area contributed by atoms with Gasteiger partial charge < -0.3 is 10.5 Å². The molecule has 0 aromatic heterocycles. The van der Waals surface area contributed by atoms with E-state index in [4.69, 9.17) is 10.5 Å². The van der Waals surface area contributed by atoms with Crippen LogP contribution in [-0.2, 0) is 4.74 Å². The van der Waals surface area contributed by atoms with Crippen molar-refractivity contribution in [2.24, 2.45) is 11.7 Å². The Kier molecular flexibility index (Phi) is 3.65. The molecule has 88 valence electrons. The van der Waals surface area contributed by atoms with Gasteiger partial charge >= 0.3 is 0 Å². The van der Waals surface area contributed by atoms with Crippen LogP contribution in [0, 0.1) is 5.92 Å². The maximum absolute atomic E-state index is 6.12. The molecule has 0 spiro atoms. The van der Waals surface area contributed by atoms with Crippen molar-refractivity contribution in [3.8, 4) is 0 Å². The summed E-state index contributed by atoms with van der Waals surface area (Å²) < 4.78 is 5.61.